The molecule has 1 fully saturated rings. The molecule has 0 radical (unpaired) electrons. The van der Waals surface area contributed by atoms with Crippen LogP contribution in [-0.2, 0) is 15.6 Å². The summed E-state index contributed by atoms with van der Waals surface area (Å²) in [6.45, 7) is 4.75. The van der Waals surface area contributed by atoms with Crippen LogP contribution in [0.4, 0.5) is 0 Å². The maximum Gasteiger partial charge on any atom is 0.319 e. The molecule has 1 heterocycles. The molecule has 0 aromatic carbocycles. The van der Waals surface area contributed by atoms with Gasteiger partial charge >= 0.3 is 5.97 Å². The van der Waals surface area contributed by atoms with Crippen LogP contribution in [0.1, 0.15) is 39.5 Å². The molecule has 3 atom stereocenters. The lowest BCUT2D eigenvalue weighted by Gasteiger charge is -2.32. The van der Waals surface area contributed by atoms with Crippen molar-refractivity contribution < 1.29 is 14.1 Å². The van der Waals surface area contributed by atoms with Crippen LogP contribution in [0.5, 0.6) is 0 Å². The zero-order valence-corrected chi connectivity index (χ0v) is 12.4. The van der Waals surface area contributed by atoms with Crippen molar-refractivity contribution in [1.29, 1.82) is 0 Å². The van der Waals surface area contributed by atoms with Gasteiger partial charge in [0.2, 0.25) is 0 Å². The van der Waals surface area contributed by atoms with Gasteiger partial charge in [-0.05, 0) is 38.8 Å². The first-order valence-electron chi connectivity index (χ1n) is 6.73. The summed E-state index contributed by atoms with van der Waals surface area (Å²) in [6.07, 6.45) is 4.46. The quantitative estimate of drug-likeness (QED) is 0.802. The standard InChI is InChI=1S/C13H25NO3S/c1-10(2)12(13(15)16)18(17)9-7-11-6-4-5-8-14(11)3/h10-12H,4-9H2,1-3H3,(H,15,16). The SMILES string of the molecule is CC(C)C(C(=O)O)S(=O)CCC1CCCCN1C. The van der Waals surface area contributed by atoms with Crippen molar-refractivity contribution in [2.75, 3.05) is 19.3 Å². The zero-order valence-electron chi connectivity index (χ0n) is 11.6. The Hall–Kier alpha value is -0.420. The highest BCUT2D eigenvalue weighted by atomic mass is 32.2. The summed E-state index contributed by atoms with van der Waals surface area (Å²) in [5.41, 5.74) is 0. The number of nitrogens with zero attached hydrogens (tertiary/aromatic N) is 1. The minimum Gasteiger partial charge on any atom is -0.480 e. The average molecular weight is 275 g/mol. The van der Waals surface area contributed by atoms with E-state index >= 15 is 0 Å². The predicted octanol–water partition coefficient (Wildman–Crippen LogP) is 1.72. The van der Waals surface area contributed by atoms with Crippen molar-refractivity contribution in [1.82, 2.24) is 4.90 Å². The molecule has 0 aromatic rings. The van der Waals surface area contributed by atoms with Gasteiger partial charge < -0.3 is 10.0 Å². The lowest BCUT2D eigenvalue weighted by atomic mass is 10.0. The van der Waals surface area contributed by atoms with Crippen LogP contribution >= 0.6 is 0 Å². The fourth-order valence-electron chi connectivity index (χ4n) is 2.59. The molecule has 0 bridgehead atoms. The van der Waals surface area contributed by atoms with Gasteiger partial charge in [0.05, 0.1) is 0 Å². The number of rotatable bonds is 6. The molecule has 1 aliphatic rings. The predicted molar refractivity (Wildman–Crippen MR) is 74.2 cm³/mol. The monoisotopic (exact) mass is 275 g/mol. The van der Waals surface area contributed by atoms with Crippen LogP contribution in [0.2, 0.25) is 0 Å². The van der Waals surface area contributed by atoms with Gasteiger partial charge in [0, 0.05) is 22.6 Å². The molecule has 1 saturated heterocycles. The van der Waals surface area contributed by atoms with E-state index < -0.39 is 22.0 Å². The van der Waals surface area contributed by atoms with Gasteiger partial charge in [-0.2, -0.15) is 0 Å². The van der Waals surface area contributed by atoms with E-state index in [1.54, 1.807) is 0 Å². The number of piperidine rings is 1. The molecule has 0 saturated carbocycles. The van der Waals surface area contributed by atoms with Gasteiger partial charge in [-0.1, -0.05) is 20.3 Å². The number of aliphatic carboxylic acids is 1. The highest BCUT2D eigenvalue weighted by Crippen LogP contribution is 2.19. The zero-order chi connectivity index (χ0) is 13.7. The summed E-state index contributed by atoms with van der Waals surface area (Å²) < 4.78 is 12.1. The minimum absolute atomic E-state index is 0.0765. The van der Waals surface area contributed by atoms with Crippen LogP contribution in [0, 0.1) is 5.92 Å². The number of hydrogen-bond donors (Lipinski definition) is 1. The first kappa shape index (κ1) is 15.6. The molecular weight excluding hydrogens is 250 g/mol. The largest absolute Gasteiger partial charge is 0.480 e. The first-order valence-corrected chi connectivity index (χ1v) is 8.12. The van der Waals surface area contributed by atoms with Crippen LogP contribution in [0.25, 0.3) is 0 Å². The van der Waals surface area contributed by atoms with E-state index in [1.165, 1.54) is 12.8 Å². The Morgan fingerprint density at radius 1 is 1.44 bits per heavy atom. The summed E-state index contributed by atoms with van der Waals surface area (Å²) in [7, 11) is 0.840. The molecule has 1 rings (SSSR count). The molecule has 18 heavy (non-hydrogen) atoms. The van der Waals surface area contributed by atoms with Crippen molar-refractivity contribution in [3.05, 3.63) is 0 Å². The molecule has 0 spiro atoms. The molecule has 0 amide bonds. The normalized spacial score (nSPS) is 25.0. The Kier molecular flexibility index (Phi) is 6.29. The highest BCUT2D eigenvalue weighted by molar-refractivity contribution is 7.86. The minimum atomic E-state index is -1.26. The first-order chi connectivity index (χ1) is 8.43. The van der Waals surface area contributed by atoms with Crippen molar-refractivity contribution in [3.63, 3.8) is 0 Å². The van der Waals surface area contributed by atoms with E-state index in [2.05, 4.69) is 11.9 Å². The molecular formula is C13H25NO3S. The molecule has 1 aliphatic heterocycles. The lowest BCUT2D eigenvalue weighted by Crippen LogP contribution is -2.39. The van der Waals surface area contributed by atoms with E-state index in [-0.39, 0.29) is 5.92 Å². The van der Waals surface area contributed by atoms with Crippen molar-refractivity contribution in [2.45, 2.75) is 50.8 Å². The van der Waals surface area contributed by atoms with E-state index in [1.807, 2.05) is 13.8 Å². The van der Waals surface area contributed by atoms with Crippen LogP contribution in [0.15, 0.2) is 0 Å². The van der Waals surface area contributed by atoms with E-state index in [9.17, 15) is 9.00 Å². The Bertz CT molecular complexity index is 307. The van der Waals surface area contributed by atoms with E-state index in [4.69, 9.17) is 5.11 Å². The number of carboxylic acid groups (broad SMARTS) is 1. The number of carbonyl (C=O) groups is 1. The lowest BCUT2D eigenvalue weighted by molar-refractivity contribution is -0.137. The molecule has 4 nitrogen and oxygen atoms in total. The molecule has 0 aliphatic carbocycles. The fourth-order valence-corrected chi connectivity index (χ4v) is 4.18. The van der Waals surface area contributed by atoms with Crippen LogP contribution in [-0.4, -0.2) is 50.8 Å². The van der Waals surface area contributed by atoms with Crippen molar-refractivity contribution in [2.24, 2.45) is 5.92 Å². The van der Waals surface area contributed by atoms with Gasteiger partial charge in [-0.3, -0.25) is 9.00 Å². The number of likely N-dealkylation sites (tertiary alicyclic amines) is 1. The fraction of sp³-hybridized carbons (Fsp3) is 0.923. The van der Waals surface area contributed by atoms with Crippen LogP contribution < -0.4 is 0 Å². The Labute approximate surface area is 112 Å². The van der Waals surface area contributed by atoms with Crippen molar-refractivity contribution >= 4 is 16.8 Å². The van der Waals surface area contributed by atoms with E-state index in [0.717, 1.165) is 19.4 Å². The van der Waals surface area contributed by atoms with Crippen molar-refractivity contribution in [3.8, 4) is 0 Å². The van der Waals surface area contributed by atoms with Gasteiger partial charge in [0.1, 0.15) is 5.25 Å². The highest BCUT2D eigenvalue weighted by Gasteiger charge is 2.29. The number of carboxylic acids is 1. The number of hydrogen-bond acceptors (Lipinski definition) is 3. The second-order valence-corrected chi connectivity index (χ2v) is 7.18. The molecule has 106 valence electrons. The second kappa shape index (κ2) is 7.24. The third-order valence-electron chi connectivity index (χ3n) is 3.71. The van der Waals surface area contributed by atoms with Gasteiger partial charge in [-0.25, -0.2) is 0 Å². The topological polar surface area (TPSA) is 57.6 Å². The Morgan fingerprint density at radius 2 is 2.11 bits per heavy atom. The van der Waals surface area contributed by atoms with E-state index in [0.29, 0.717) is 11.8 Å². The smallest absolute Gasteiger partial charge is 0.319 e. The summed E-state index contributed by atoms with van der Waals surface area (Å²) in [4.78, 5) is 13.4. The third kappa shape index (κ3) is 4.35. The molecule has 3 unspecified atom stereocenters. The van der Waals surface area contributed by atoms with Crippen LogP contribution in [0.3, 0.4) is 0 Å². The van der Waals surface area contributed by atoms with Gasteiger partial charge in [0.25, 0.3) is 0 Å². The third-order valence-corrected chi connectivity index (χ3v) is 5.66. The summed E-state index contributed by atoms with van der Waals surface area (Å²) in [6, 6.07) is 0.476. The summed E-state index contributed by atoms with van der Waals surface area (Å²) in [5, 5.41) is 8.38. The maximum absolute atomic E-state index is 12.1. The van der Waals surface area contributed by atoms with Gasteiger partial charge in [-0.15, -0.1) is 0 Å². The Morgan fingerprint density at radius 3 is 2.61 bits per heavy atom. The molecule has 1 N–H and O–H groups in total. The second-order valence-electron chi connectivity index (χ2n) is 5.51. The summed E-state index contributed by atoms with van der Waals surface area (Å²) >= 11 is 0. The maximum atomic E-state index is 12.1. The Balaban J connectivity index is 2.46. The molecule has 5 heteroatoms. The van der Waals surface area contributed by atoms with Gasteiger partial charge in [0.15, 0.2) is 0 Å². The summed E-state index contributed by atoms with van der Waals surface area (Å²) in [5.74, 6) is -0.503. The average Bonchev–Trinajstić information content (AvgIpc) is 2.27. The molecule has 0 aromatic heterocycles.